The van der Waals surface area contributed by atoms with Crippen LogP contribution in [0.4, 0.5) is 17.6 Å². The molecule has 9 heteroatoms. The lowest BCUT2D eigenvalue weighted by Gasteiger charge is -2.35. The van der Waals surface area contributed by atoms with Gasteiger partial charge in [0.1, 0.15) is 11.9 Å². The van der Waals surface area contributed by atoms with E-state index in [0.29, 0.717) is 11.6 Å². The number of carbonyl (C=O) groups excluding carboxylic acids is 2. The average molecular weight is 445 g/mol. The molecule has 2 aromatic carbocycles. The van der Waals surface area contributed by atoms with E-state index in [1.807, 2.05) is 0 Å². The fourth-order valence-corrected chi connectivity index (χ4v) is 3.43. The molecule has 2 amide bonds. The SMILES string of the molecule is C[C@H](c1cc(F)cc(C(F)(F)F)c1)N(C(=O)c1cccnc1)[C@@H](C(N)=O)c1ccccc1. The first-order valence-corrected chi connectivity index (χ1v) is 9.54. The van der Waals surface area contributed by atoms with Gasteiger partial charge in [-0.25, -0.2) is 4.39 Å². The van der Waals surface area contributed by atoms with Gasteiger partial charge in [0.2, 0.25) is 5.91 Å². The van der Waals surface area contributed by atoms with Crippen LogP contribution in [0, 0.1) is 5.82 Å². The second-order valence-electron chi connectivity index (χ2n) is 7.12. The molecule has 32 heavy (non-hydrogen) atoms. The highest BCUT2D eigenvalue weighted by atomic mass is 19.4. The van der Waals surface area contributed by atoms with Crippen molar-refractivity contribution in [2.24, 2.45) is 5.73 Å². The molecule has 0 spiro atoms. The highest BCUT2D eigenvalue weighted by molar-refractivity contribution is 5.97. The summed E-state index contributed by atoms with van der Waals surface area (Å²) in [6.07, 6.45) is -2.09. The maximum Gasteiger partial charge on any atom is 0.416 e. The number of nitrogens with zero attached hydrogens (tertiary/aromatic N) is 2. The Kier molecular flexibility index (Phi) is 6.57. The van der Waals surface area contributed by atoms with Crippen LogP contribution in [0.2, 0.25) is 0 Å². The van der Waals surface area contributed by atoms with Gasteiger partial charge in [0.25, 0.3) is 5.91 Å². The van der Waals surface area contributed by atoms with Gasteiger partial charge in [-0.2, -0.15) is 13.2 Å². The minimum Gasteiger partial charge on any atom is -0.368 e. The van der Waals surface area contributed by atoms with Crippen LogP contribution in [0.15, 0.2) is 73.1 Å². The Morgan fingerprint density at radius 1 is 1.00 bits per heavy atom. The van der Waals surface area contributed by atoms with E-state index in [2.05, 4.69) is 4.98 Å². The molecule has 1 aromatic heterocycles. The lowest BCUT2D eigenvalue weighted by molar-refractivity contribution is -0.138. The van der Waals surface area contributed by atoms with Crippen LogP contribution in [-0.2, 0) is 11.0 Å². The number of rotatable bonds is 6. The summed E-state index contributed by atoms with van der Waals surface area (Å²) in [5, 5.41) is 0. The molecule has 0 fully saturated rings. The van der Waals surface area contributed by atoms with Gasteiger partial charge >= 0.3 is 6.18 Å². The third-order valence-corrected chi connectivity index (χ3v) is 4.95. The van der Waals surface area contributed by atoms with Crippen LogP contribution < -0.4 is 5.73 Å². The molecule has 5 nitrogen and oxygen atoms in total. The molecule has 2 N–H and O–H groups in total. The third kappa shape index (κ3) is 4.93. The van der Waals surface area contributed by atoms with Gasteiger partial charge in [-0.3, -0.25) is 14.6 Å². The van der Waals surface area contributed by atoms with Gasteiger partial charge in [0.05, 0.1) is 17.2 Å². The van der Waals surface area contributed by atoms with Crippen molar-refractivity contribution in [1.82, 2.24) is 9.88 Å². The van der Waals surface area contributed by atoms with E-state index in [4.69, 9.17) is 5.73 Å². The molecule has 0 aliphatic heterocycles. The molecule has 3 aromatic rings. The second kappa shape index (κ2) is 9.17. The van der Waals surface area contributed by atoms with Gasteiger partial charge in [-0.1, -0.05) is 30.3 Å². The summed E-state index contributed by atoms with van der Waals surface area (Å²) in [5.74, 6) is -2.71. The maximum atomic E-state index is 14.1. The zero-order valence-corrected chi connectivity index (χ0v) is 16.9. The van der Waals surface area contributed by atoms with E-state index in [9.17, 15) is 27.2 Å². The predicted octanol–water partition coefficient (Wildman–Crippen LogP) is 4.67. The molecule has 0 saturated heterocycles. The minimum absolute atomic E-state index is 0.0916. The Hall–Kier alpha value is -3.75. The first-order chi connectivity index (χ1) is 15.1. The summed E-state index contributed by atoms with van der Waals surface area (Å²) in [7, 11) is 0. The standard InChI is InChI=1S/C23H19F4N3O2/c1-14(17-10-18(23(25,26)27)12-19(24)11-17)30(22(32)16-8-5-9-29-13-16)20(21(28)31)15-6-3-2-4-7-15/h2-14,20H,1H3,(H2,28,31)/t14-,20-/m1/s1. The van der Waals surface area contributed by atoms with Crippen molar-refractivity contribution < 1.29 is 27.2 Å². The molecule has 0 aliphatic rings. The van der Waals surface area contributed by atoms with Crippen LogP contribution in [0.5, 0.6) is 0 Å². The van der Waals surface area contributed by atoms with Gasteiger partial charge in [-0.05, 0) is 48.4 Å². The van der Waals surface area contributed by atoms with Crippen molar-refractivity contribution in [3.63, 3.8) is 0 Å². The summed E-state index contributed by atoms with van der Waals surface area (Å²) in [5.41, 5.74) is 4.73. The number of carbonyl (C=O) groups is 2. The van der Waals surface area contributed by atoms with Crippen LogP contribution in [0.25, 0.3) is 0 Å². The van der Waals surface area contributed by atoms with E-state index in [-0.39, 0.29) is 11.1 Å². The third-order valence-electron chi connectivity index (χ3n) is 4.95. The molecule has 2 atom stereocenters. The molecule has 0 aliphatic carbocycles. The van der Waals surface area contributed by atoms with E-state index in [0.717, 1.165) is 17.0 Å². The minimum atomic E-state index is -4.79. The number of alkyl halides is 3. The summed E-state index contributed by atoms with van der Waals surface area (Å²) in [6, 6.07) is 10.6. The summed E-state index contributed by atoms with van der Waals surface area (Å²) >= 11 is 0. The zero-order chi connectivity index (χ0) is 23.5. The van der Waals surface area contributed by atoms with Gasteiger partial charge in [0.15, 0.2) is 0 Å². The molecular weight excluding hydrogens is 426 g/mol. The number of halogens is 4. The Morgan fingerprint density at radius 2 is 1.69 bits per heavy atom. The normalized spacial score (nSPS) is 13.3. The molecule has 0 unspecified atom stereocenters. The highest BCUT2D eigenvalue weighted by Gasteiger charge is 2.37. The summed E-state index contributed by atoms with van der Waals surface area (Å²) in [4.78, 5) is 30.8. The highest BCUT2D eigenvalue weighted by Crippen LogP contribution is 2.36. The molecule has 0 bridgehead atoms. The van der Waals surface area contributed by atoms with E-state index in [1.165, 1.54) is 31.5 Å². The van der Waals surface area contributed by atoms with Gasteiger partial charge < -0.3 is 10.6 Å². The molecule has 3 rings (SSSR count). The Labute approximate surface area is 181 Å². The van der Waals surface area contributed by atoms with Crippen molar-refractivity contribution in [3.8, 4) is 0 Å². The zero-order valence-electron chi connectivity index (χ0n) is 16.9. The number of hydrogen-bond donors (Lipinski definition) is 1. The van der Waals surface area contributed by atoms with Crippen LogP contribution in [0.3, 0.4) is 0 Å². The number of benzene rings is 2. The molecule has 1 heterocycles. The quantitative estimate of drug-likeness (QED) is 0.561. The number of aromatic nitrogens is 1. The van der Waals surface area contributed by atoms with E-state index >= 15 is 0 Å². The Balaban J connectivity index is 2.17. The number of nitrogens with two attached hydrogens (primary N) is 1. The predicted molar refractivity (Wildman–Crippen MR) is 109 cm³/mol. The fraction of sp³-hybridized carbons (Fsp3) is 0.174. The number of pyridine rings is 1. The van der Waals surface area contributed by atoms with Crippen LogP contribution in [-0.4, -0.2) is 21.7 Å². The number of hydrogen-bond acceptors (Lipinski definition) is 3. The lowest BCUT2D eigenvalue weighted by Crippen LogP contribution is -2.43. The van der Waals surface area contributed by atoms with Crippen LogP contribution >= 0.6 is 0 Å². The largest absolute Gasteiger partial charge is 0.416 e. The summed E-state index contributed by atoms with van der Waals surface area (Å²) in [6.45, 7) is 1.40. The molecule has 0 saturated carbocycles. The fourth-order valence-electron chi connectivity index (χ4n) is 3.43. The summed E-state index contributed by atoms with van der Waals surface area (Å²) < 4.78 is 53.9. The van der Waals surface area contributed by atoms with Crippen molar-refractivity contribution in [2.75, 3.05) is 0 Å². The second-order valence-corrected chi connectivity index (χ2v) is 7.12. The first-order valence-electron chi connectivity index (χ1n) is 9.54. The van der Waals surface area contributed by atoms with Crippen molar-refractivity contribution in [2.45, 2.75) is 25.2 Å². The Morgan fingerprint density at radius 3 is 2.25 bits per heavy atom. The van der Waals surface area contributed by atoms with Crippen molar-refractivity contribution in [1.29, 1.82) is 0 Å². The number of primary amides is 1. The van der Waals surface area contributed by atoms with Gasteiger partial charge in [-0.15, -0.1) is 0 Å². The van der Waals surface area contributed by atoms with Crippen molar-refractivity contribution >= 4 is 11.8 Å². The number of amides is 2. The first kappa shape index (κ1) is 22.9. The lowest BCUT2D eigenvalue weighted by atomic mass is 9.97. The van der Waals surface area contributed by atoms with Crippen LogP contribution in [0.1, 0.15) is 46.1 Å². The van der Waals surface area contributed by atoms with E-state index in [1.54, 1.807) is 30.3 Å². The monoisotopic (exact) mass is 445 g/mol. The average Bonchev–Trinajstić information content (AvgIpc) is 2.76. The molecule has 166 valence electrons. The van der Waals surface area contributed by atoms with Crippen molar-refractivity contribution in [3.05, 3.63) is 101 Å². The molecule has 0 radical (unpaired) electrons. The van der Waals surface area contributed by atoms with Gasteiger partial charge in [0, 0.05) is 12.4 Å². The smallest absolute Gasteiger partial charge is 0.368 e. The molecular formula is C23H19F4N3O2. The Bertz CT molecular complexity index is 1110. The maximum absolute atomic E-state index is 14.1. The topological polar surface area (TPSA) is 76.3 Å². The van der Waals surface area contributed by atoms with E-state index < -0.39 is 41.5 Å².